The molecular weight excluding hydrogens is 182 g/mol. The van der Waals surface area contributed by atoms with Crippen LogP contribution in [0.25, 0.3) is 0 Å². The van der Waals surface area contributed by atoms with Crippen LogP contribution >= 0.6 is 0 Å². The Morgan fingerprint density at radius 2 is 2.21 bits per heavy atom. The van der Waals surface area contributed by atoms with Gasteiger partial charge in [-0.1, -0.05) is 13.8 Å². The van der Waals surface area contributed by atoms with Crippen molar-refractivity contribution in [1.82, 2.24) is 0 Å². The molecule has 0 fully saturated rings. The Morgan fingerprint density at radius 3 is 2.57 bits per heavy atom. The lowest BCUT2D eigenvalue weighted by Gasteiger charge is -2.22. The normalized spacial score (nSPS) is 15.4. The van der Waals surface area contributed by atoms with E-state index in [1.807, 2.05) is 13.8 Å². The highest BCUT2D eigenvalue weighted by Gasteiger charge is 2.30. The van der Waals surface area contributed by atoms with Crippen molar-refractivity contribution in [2.24, 2.45) is 11.7 Å². The Kier molecular flexibility index (Phi) is 3.30. The first kappa shape index (κ1) is 10.8. The molecule has 1 heterocycles. The van der Waals surface area contributed by atoms with Crippen LogP contribution in [0, 0.1) is 5.92 Å². The maximum atomic E-state index is 10.8. The molecule has 0 aliphatic rings. The van der Waals surface area contributed by atoms with Crippen LogP contribution in [0.2, 0.25) is 0 Å². The van der Waals surface area contributed by atoms with Crippen LogP contribution in [0.4, 0.5) is 0 Å². The maximum absolute atomic E-state index is 10.8. The van der Waals surface area contributed by atoms with Crippen LogP contribution in [0.5, 0.6) is 0 Å². The van der Waals surface area contributed by atoms with Gasteiger partial charge in [-0.05, 0) is 18.1 Å². The second-order valence-corrected chi connectivity index (χ2v) is 3.65. The van der Waals surface area contributed by atoms with Gasteiger partial charge >= 0.3 is 5.97 Å². The molecule has 2 unspecified atom stereocenters. The molecule has 1 rings (SSSR count). The molecule has 0 aliphatic carbocycles. The van der Waals surface area contributed by atoms with Crippen LogP contribution in [0.3, 0.4) is 0 Å². The van der Waals surface area contributed by atoms with E-state index in [9.17, 15) is 4.79 Å². The average Bonchev–Trinajstić information content (AvgIpc) is 2.56. The third-order valence-corrected chi connectivity index (χ3v) is 2.26. The van der Waals surface area contributed by atoms with E-state index in [4.69, 9.17) is 15.3 Å². The van der Waals surface area contributed by atoms with Crippen LogP contribution in [-0.2, 0) is 4.79 Å². The molecule has 0 aliphatic heterocycles. The van der Waals surface area contributed by atoms with Crippen molar-refractivity contribution in [3.05, 3.63) is 24.2 Å². The van der Waals surface area contributed by atoms with E-state index in [0.717, 1.165) is 0 Å². The number of rotatable bonds is 4. The Balaban J connectivity index is 2.91. The van der Waals surface area contributed by atoms with Crippen molar-refractivity contribution in [3.63, 3.8) is 0 Å². The van der Waals surface area contributed by atoms with Crippen molar-refractivity contribution < 1.29 is 14.3 Å². The summed E-state index contributed by atoms with van der Waals surface area (Å²) in [7, 11) is 0. The molecule has 0 spiro atoms. The smallest absolute Gasteiger partial charge is 0.321 e. The molecule has 0 aromatic carbocycles. The van der Waals surface area contributed by atoms with Crippen molar-refractivity contribution in [2.45, 2.75) is 25.8 Å². The molecule has 78 valence electrons. The summed E-state index contributed by atoms with van der Waals surface area (Å²) in [6, 6.07) is 2.58. The van der Waals surface area contributed by atoms with Crippen LogP contribution in [0.1, 0.15) is 25.5 Å². The second-order valence-electron chi connectivity index (χ2n) is 3.65. The molecule has 0 radical (unpaired) electrons. The van der Waals surface area contributed by atoms with Gasteiger partial charge < -0.3 is 15.3 Å². The molecule has 0 saturated heterocycles. The lowest BCUT2D eigenvalue weighted by Crippen LogP contribution is -2.38. The fourth-order valence-corrected chi connectivity index (χ4v) is 1.55. The van der Waals surface area contributed by atoms with Gasteiger partial charge in [-0.25, -0.2) is 0 Å². The lowest BCUT2D eigenvalue weighted by atomic mass is 9.87. The van der Waals surface area contributed by atoms with Gasteiger partial charge in [0.05, 0.1) is 6.26 Å². The molecule has 0 amide bonds. The zero-order valence-corrected chi connectivity index (χ0v) is 8.31. The number of hydrogen-bond acceptors (Lipinski definition) is 3. The average molecular weight is 197 g/mol. The van der Waals surface area contributed by atoms with E-state index >= 15 is 0 Å². The van der Waals surface area contributed by atoms with E-state index in [2.05, 4.69) is 0 Å². The van der Waals surface area contributed by atoms with E-state index in [-0.39, 0.29) is 11.8 Å². The predicted molar refractivity (Wildman–Crippen MR) is 51.9 cm³/mol. The SMILES string of the molecule is CC(C)C(c1ccco1)C(N)C(=O)O. The molecule has 0 saturated carbocycles. The molecule has 14 heavy (non-hydrogen) atoms. The Bertz CT molecular complexity index is 292. The largest absolute Gasteiger partial charge is 0.480 e. The van der Waals surface area contributed by atoms with E-state index in [1.165, 1.54) is 6.26 Å². The standard InChI is InChI=1S/C10H15NO3/c1-6(2)8(9(11)10(12)13)7-4-3-5-14-7/h3-6,8-9H,11H2,1-2H3,(H,12,13). The first-order valence-corrected chi connectivity index (χ1v) is 4.55. The molecular formula is C10H15NO3. The molecule has 2 atom stereocenters. The molecule has 1 aromatic rings. The van der Waals surface area contributed by atoms with E-state index < -0.39 is 12.0 Å². The van der Waals surface area contributed by atoms with Crippen LogP contribution in [0.15, 0.2) is 22.8 Å². The molecule has 1 aromatic heterocycles. The van der Waals surface area contributed by atoms with Gasteiger partial charge in [-0.3, -0.25) is 4.79 Å². The first-order chi connectivity index (χ1) is 6.54. The summed E-state index contributed by atoms with van der Waals surface area (Å²) >= 11 is 0. The van der Waals surface area contributed by atoms with E-state index in [1.54, 1.807) is 12.1 Å². The number of furan rings is 1. The van der Waals surface area contributed by atoms with Crippen LogP contribution < -0.4 is 5.73 Å². The number of carboxylic acid groups (broad SMARTS) is 1. The quantitative estimate of drug-likeness (QED) is 0.765. The van der Waals surface area contributed by atoms with Gasteiger partial charge in [0.1, 0.15) is 11.8 Å². The van der Waals surface area contributed by atoms with Gasteiger partial charge in [0.15, 0.2) is 0 Å². The van der Waals surface area contributed by atoms with E-state index in [0.29, 0.717) is 5.76 Å². The van der Waals surface area contributed by atoms with Crippen molar-refractivity contribution in [2.75, 3.05) is 0 Å². The molecule has 3 N–H and O–H groups in total. The Labute approximate surface area is 82.7 Å². The Morgan fingerprint density at radius 1 is 1.57 bits per heavy atom. The molecule has 4 nitrogen and oxygen atoms in total. The predicted octanol–water partition coefficient (Wildman–Crippen LogP) is 1.43. The third-order valence-electron chi connectivity index (χ3n) is 2.26. The van der Waals surface area contributed by atoms with Gasteiger partial charge in [0, 0.05) is 5.92 Å². The number of nitrogens with two attached hydrogens (primary N) is 1. The summed E-state index contributed by atoms with van der Waals surface area (Å²) in [6.07, 6.45) is 1.53. The third kappa shape index (κ3) is 2.14. The highest BCUT2D eigenvalue weighted by atomic mass is 16.4. The highest BCUT2D eigenvalue weighted by Crippen LogP contribution is 2.27. The summed E-state index contributed by atoms with van der Waals surface area (Å²) in [5.41, 5.74) is 5.59. The number of carboxylic acids is 1. The monoisotopic (exact) mass is 197 g/mol. The second kappa shape index (κ2) is 4.28. The van der Waals surface area contributed by atoms with Gasteiger partial charge in [0.2, 0.25) is 0 Å². The molecule has 4 heteroatoms. The van der Waals surface area contributed by atoms with Crippen LogP contribution in [-0.4, -0.2) is 17.1 Å². The van der Waals surface area contributed by atoms with Crippen molar-refractivity contribution >= 4 is 5.97 Å². The minimum absolute atomic E-state index is 0.132. The van der Waals surface area contributed by atoms with Crippen molar-refractivity contribution in [3.8, 4) is 0 Å². The highest BCUT2D eigenvalue weighted by molar-refractivity contribution is 5.74. The number of hydrogen-bond donors (Lipinski definition) is 2. The summed E-state index contributed by atoms with van der Waals surface area (Å²) in [6.45, 7) is 3.85. The number of aliphatic carboxylic acids is 1. The summed E-state index contributed by atoms with van der Waals surface area (Å²) < 4.78 is 5.18. The molecule has 0 bridgehead atoms. The fraction of sp³-hybridized carbons (Fsp3) is 0.500. The zero-order valence-electron chi connectivity index (χ0n) is 8.31. The zero-order chi connectivity index (χ0) is 10.7. The summed E-state index contributed by atoms with van der Waals surface area (Å²) in [5, 5.41) is 8.83. The minimum atomic E-state index is -1.000. The van der Waals surface area contributed by atoms with Gasteiger partial charge in [0.25, 0.3) is 0 Å². The maximum Gasteiger partial charge on any atom is 0.321 e. The topological polar surface area (TPSA) is 76.5 Å². The first-order valence-electron chi connectivity index (χ1n) is 4.55. The van der Waals surface area contributed by atoms with Gasteiger partial charge in [-0.2, -0.15) is 0 Å². The summed E-state index contributed by atoms with van der Waals surface area (Å²) in [4.78, 5) is 10.8. The Hall–Kier alpha value is -1.29. The van der Waals surface area contributed by atoms with Crippen molar-refractivity contribution in [1.29, 1.82) is 0 Å². The van der Waals surface area contributed by atoms with Gasteiger partial charge in [-0.15, -0.1) is 0 Å². The summed E-state index contributed by atoms with van der Waals surface area (Å²) in [5.74, 6) is -0.509. The lowest BCUT2D eigenvalue weighted by molar-refractivity contribution is -0.139. The fourth-order valence-electron chi connectivity index (χ4n) is 1.55. The number of carbonyl (C=O) groups is 1. The minimum Gasteiger partial charge on any atom is -0.480 e.